The first-order valence-corrected chi connectivity index (χ1v) is 8.89. The normalized spacial score (nSPS) is 10.4. The number of ketones is 1. The lowest BCUT2D eigenvalue weighted by molar-refractivity contribution is -0.141. The minimum atomic E-state index is -1.04. The van der Waals surface area contributed by atoms with Crippen LogP contribution in [0.25, 0.3) is 0 Å². The molecule has 28 heavy (non-hydrogen) atoms. The maximum absolute atomic E-state index is 13.5. The molecular formula is C21H21F2NO4. The third-order valence-corrected chi connectivity index (χ3v) is 4.20. The second-order valence-corrected chi connectivity index (χ2v) is 6.09. The molecule has 0 aliphatic rings. The molecule has 1 N–H and O–H groups in total. The van der Waals surface area contributed by atoms with Crippen LogP contribution < -0.4 is 5.32 Å². The van der Waals surface area contributed by atoms with E-state index < -0.39 is 42.2 Å². The Morgan fingerprint density at radius 2 is 1.71 bits per heavy atom. The summed E-state index contributed by atoms with van der Waals surface area (Å²) in [5.41, 5.74) is 1.97. The molecule has 0 bridgehead atoms. The zero-order chi connectivity index (χ0) is 20.7. The highest BCUT2D eigenvalue weighted by atomic mass is 19.1. The third-order valence-electron chi connectivity index (χ3n) is 4.20. The van der Waals surface area contributed by atoms with Crippen LogP contribution in [0.1, 0.15) is 45.7 Å². The van der Waals surface area contributed by atoms with Gasteiger partial charge in [0.05, 0.1) is 5.56 Å². The fourth-order valence-corrected chi connectivity index (χ4v) is 2.61. The lowest BCUT2D eigenvalue weighted by Crippen LogP contribution is -2.32. The summed E-state index contributed by atoms with van der Waals surface area (Å²) in [7, 11) is 0. The number of carbonyl (C=O) groups excluding carboxylic acids is 3. The molecule has 0 aromatic heterocycles. The van der Waals surface area contributed by atoms with Crippen molar-refractivity contribution in [1.29, 1.82) is 0 Å². The molecule has 0 spiro atoms. The summed E-state index contributed by atoms with van der Waals surface area (Å²) in [6, 6.07) is 8.10. The van der Waals surface area contributed by atoms with Crippen LogP contribution >= 0.6 is 0 Å². The smallest absolute Gasteiger partial charge is 0.325 e. The van der Waals surface area contributed by atoms with Crippen LogP contribution in [0.5, 0.6) is 0 Å². The van der Waals surface area contributed by atoms with Gasteiger partial charge in [-0.25, -0.2) is 8.78 Å². The Balaban J connectivity index is 1.90. The minimum absolute atomic E-state index is 0.337. The highest BCUT2D eigenvalue weighted by molar-refractivity contribution is 6.00. The van der Waals surface area contributed by atoms with E-state index in [9.17, 15) is 23.2 Å². The van der Waals surface area contributed by atoms with Gasteiger partial charge >= 0.3 is 5.97 Å². The maximum Gasteiger partial charge on any atom is 0.325 e. The number of carbonyl (C=O) groups is 3. The molecule has 7 heteroatoms. The van der Waals surface area contributed by atoms with Gasteiger partial charge in [-0.2, -0.15) is 0 Å². The fourth-order valence-electron chi connectivity index (χ4n) is 2.61. The topological polar surface area (TPSA) is 72.5 Å². The van der Waals surface area contributed by atoms with E-state index in [1.54, 1.807) is 6.07 Å². The molecule has 2 rings (SSSR count). The molecule has 0 fully saturated rings. The first-order chi connectivity index (χ1) is 13.3. The predicted molar refractivity (Wildman–Crippen MR) is 99.2 cm³/mol. The monoisotopic (exact) mass is 389 g/mol. The Morgan fingerprint density at radius 1 is 0.964 bits per heavy atom. The van der Waals surface area contributed by atoms with E-state index >= 15 is 0 Å². The highest BCUT2D eigenvalue weighted by Gasteiger charge is 2.16. The van der Waals surface area contributed by atoms with Crippen molar-refractivity contribution < 1.29 is 27.9 Å². The number of ether oxygens (including phenoxy) is 1. The van der Waals surface area contributed by atoms with Crippen LogP contribution in [0.4, 0.5) is 8.78 Å². The van der Waals surface area contributed by atoms with Crippen LogP contribution in [0.15, 0.2) is 36.4 Å². The summed E-state index contributed by atoms with van der Waals surface area (Å²) in [5.74, 6) is -3.91. The van der Waals surface area contributed by atoms with Gasteiger partial charge in [0, 0.05) is 11.6 Å². The predicted octanol–water partition coefficient (Wildman–Crippen LogP) is 3.25. The minimum Gasteiger partial charge on any atom is -0.456 e. The fraction of sp³-hybridized carbons (Fsp3) is 0.286. The highest BCUT2D eigenvalue weighted by Crippen LogP contribution is 2.15. The van der Waals surface area contributed by atoms with E-state index in [1.165, 1.54) is 0 Å². The SMILES string of the molecule is CCc1ccc(CC)c(C(=O)COC(=O)CNC(=O)c2ccc(F)cc2F)c1. The number of Topliss-reactive ketones (excluding diaryl/α,β-unsaturated/α-hetero) is 1. The van der Waals surface area contributed by atoms with Crippen molar-refractivity contribution in [2.24, 2.45) is 0 Å². The molecule has 0 aliphatic carbocycles. The maximum atomic E-state index is 13.5. The number of nitrogens with one attached hydrogen (secondary N) is 1. The van der Waals surface area contributed by atoms with Gasteiger partial charge in [0.1, 0.15) is 18.2 Å². The number of amides is 1. The molecule has 0 heterocycles. The van der Waals surface area contributed by atoms with Crippen LogP contribution in [0.3, 0.4) is 0 Å². The molecule has 0 unspecified atom stereocenters. The van der Waals surface area contributed by atoms with E-state index in [4.69, 9.17) is 4.74 Å². The first kappa shape index (κ1) is 21.2. The summed E-state index contributed by atoms with van der Waals surface area (Å²) in [6.07, 6.45) is 1.44. The first-order valence-electron chi connectivity index (χ1n) is 8.89. The number of rotatable bonds is 8. The quantitative estimate of drug-likeness (QED) is 0.556. The summed E-state index contributed by atoms with van der Waals surface area (Å²) in [5, 5.41) is 2.18. The van der Waals surface area contributed by atoms with Crippen molar-refractivity contribution in [2.45, 2.75) is 26.7 Å². The van der Waals surface area contributed by atoms with Crippen molar-refractivity contribution in [3.05, 3.63) is 70.3 Å². The molecule has 0 radical (unpaired) electrons. The third kappa shape index (κ3) is 5.45. The van der Waals surface area contributed by atoms with Crippen LogP contribution in [-0.4, -0.2) is 30.8 Å². The van der Waals surface area contributed by atoms with E-state index in [-0.39, 0.29) is 5.78 Å². The summed E-state index contributed by atoms with van der Waals surface area (Å²) < 4.78 is 31.3. The van der Waals surface area contributed by atoms with Crippen molar-refractivity contribution in [3.8, 4) is 0 Å². The number of benzene rings is 2. The number of halogens is 2. The zero-order valence-electron chi connectivity index (χ0n) is 15.7. The van der Waals surface area contributed by atoms with Crippen molar-refractivity contribution in [3.63, 3.8) is 0 Å². The van der Waals surface area contributed by atoms with Crippen molar-refractivity contribution in [1.82, 2.24) is 5.32 Å². The largest absolute Gasteiger partial charge is 0.456 e. The van der Waals surface area contributed by atoms with Gasteiger partial charge < -0.3 is 10.1 Å². The Morgan fingerprint density at radius 3 is 2.36 bits per heavy atom. The van der Waals surface area contributed by atoms with Gasteiger partial charge in [-0.3, -0.25) is 14.4 Å². The Bertz CT molecular complexity index is 896. The Hall–Kier alpha value is -3.09. The molecule has 0 saturated heterocycles. The summed E-state index contributed by atoms with van der Waals surface area (Å²) in [4.78, 5) is 36.0. The standard InChI is InChI=1S/C21H21F2NO4/c1-3-13-5-6-14(4-2)17(9-13)19(25)12-28-20(26)11-24-21(27)16-8-7-15(22)10-18(16)23/h5-10H,3-4,11-12H2,1-2H3,(H,24,27). The Labute approximate surface area is 161 Å². The van der Waals surface area contributed by atoms with Gasteiger partial charge in [0.2, 0.25) is 5.78 Å². The molecule has 2 aromatic carbocycles. The second-order valence-electron chi connectivity index (χ2n) is 6.09. The second kappa shape index (κ2) is 9.73. The summed E-state index contributed by atoms with van der Waals surface area (Å²) in [6.45, 7) is 2.90. The lowest BCUT2D eigenvalue weighted by atomic mass is 9.98. The molecule has 148 valence electrons. The average Bonchev–Trinajstić information content (AvgIpc) is 2.69. The molecular weight excluding hydrogens is 368 g/mol. The molecule has 0 aliphatic heterocycles. The lowest BCUT2D eigenvalue weighted by Gasteiger charge is -2.10. The van der Waals surface area contributed by atoms with E-state index in [1.807, 2.05) is 26.0 Å². The van der Waals surface area contributed by atoms with E-state index in [0.717, 1.165) is 29.7 Å². The average molecular weight is 389 g/mol. The van der Waals surface area contributed by atoms with Crippen LogP contribution in [-0.2, 0) is 22.4 Å². The van der Waals surface area contributed by atoms with E-state index in [0.29, 0.717) is 18.1 Å². The number of hydrogen-bond acceptors (Lipinski definition) is 4. The number of aryl methyl sites for hydroxylation is 2. The van der Waals surface area contributed by atoms with Crippen molar-refractivity contribution >= 4 is 17.7 Å². The molecule has 5 nitrogen and oxygen atoms in total. The van der Waals surface area contributed by atoms with Gasteiger partial charge in [0.15, 0.2) is 6.61 Å². The molecule has 0 saturated carbocycles. The van der Waals surface area contributed by atoms with E-state index in [2.05, 4.69) is 5.32 Å². The molecule has 0 atom stereocenters. The zero-order valence-corrected chi connectivity index (χ0v) is 15.7. The van der Waals surface area contributed by atoms with Gasteiger partial charge in [-0.15, -0.1) is 0 Å². The van der Waals surface area contributed by atoms with Gasteiger partial charge in [-0.1, -0.05) is 26.0 Å². The molecule has 1 amide bonds. The van der Waals surface area contributed by atoms with Gasteiger partial charge in [-0.05, 0) is 42.2 Å². The van der Waals surface area contributed by atoms with Crippen LogP contribution in [0, 0.1) is 11.6 Å². The summed E-state index contributed by atoms with van der Waals surface area (Å²) >= 11 is 0. The van der Waals surface area contributed by atoms with Crippen molar-refractivity contribution in [2.75, 3.05) is 13.2 Å². The van der Waals surface area contributed by atoms with Gasteiger partial charge in [0.25, 0.3) is 5.91 Å². The number of esters is 1. The van der Waals surface area contributed by atoms with Crippen LogP contribution in [0.2, 0.25) is 0 Å². The number of hydrogen-bond donors (Lipinski definition) is 1. The Kier molecular flexibility index (Phi) is 7.37. The molecule has 2 aromatic rings.